The highest BCUT2D eigenvalue weighted by atomic mass is 32.1. The van der Waals surface area contributed by atoms with Crippen molar-refractivity contribution >= 4 is 29.0 Å². The summed E-state index contributed by atoms with van der Waals surface area (Å²) >= 11 is 1.31. The van der Waals surface area contributed by atoms with Gasteiger partial charge in [0.1, 0.15) is 11.9 Å². The van der Waals surface area contributed by atoms with Gasteiger partial charge in [0.25, 0.3) is 5.91 Å². The Morgan fingerprint density at radius 2 is 1.74 bits per heavy atom. The van der Waals surface area contributed by atoms with Gasteiger partial charge in [0.05, 0.1) is 10.4 Å². The highest BCUT2D eigenvalue weighted by molar-refractivity contribution is 7.12. The summed E-state index contributed by atoms with van der Waals surface area (Å²) in [6, 6.07) is 14.6. The van der Waals surface area contributed by atoms with Gasteiger partial charge >= 0.3 is 6.18 Å². The lowest BCUT2D eigenvalue weighted by Gasteiger charge is -2.37. The van der Waals surface area contributed by atoms with E-state index in [1.165, 1.54) is 17.4 Å². The lowest BCUT2D eigenvalue weighted by Crippen LogP contribution is -2.55. The number of halogens is 3. The molecule has 0 spiro atoms. The Morgan fingerprint density at radius 1 is 1.00 bits per heavy atom. The minimum Gasteiger partial charge on any atom is -0.353 e. The average molecular weight is 489 g/mol. The molecule has 1 fully saturated rings. The minimum absolute atomic E-state index is 0.186. The van der Waals surface area contributed by atoms with E-state index >= 15 is 0 Å². The number of rotatable bonds is 6. The molecule has 2 aromatic heterocycles. The third-order valence-electron chi connectivity index (χ3n) is 5.62. The van der Waals surface area contributed by atoms with Crippen molar-refractivity contribution in [2.75, 3.05) is 31.1 Å². The predicted octanol–water partition coefficient (Wildman–Crippen LogP) is 3.85. The van der Waals surface area contributed by atoms with Crippen molar-refractivity contribution in [1.82, 2.24) is 15.2 Å². The van der Waals surface area contributed by atoms with Gasteiger partial charge in [-0.05, 0) is 29.1 Å². The second-order valence-electron chi connectivity index (χ2n) is 7.91. The number of nitrogens with zero attached hydrogens (tertiary/aromatic N) is 3. The summed E-state index contributed by atoms with van der Waals surface area (Å²) < 4.78 is 38.4. The number of thiophene rings is 1. The number of pyridine rings is 1. The van der Waals surface area contributed by atoms with Crippen LogP contribution >= 0.6 is 11.3 Å². The Labute approximate surface area is 199 Å². The van der Waals surface area contributed by atoms with E-state index in [9.17, 15) is 22.8 Å². The predicted molar refractivity (Wildman–Crippen MR) is 124 cm³/mol. The van der Waals surface area contributed by atoms with Crippen LogP contribution in [0.2, 0.25) is 0 Å². The summed E-state index contributed by atoms with van der Waals surface area (Å²) in [5, 5.41) is 4.68. The number of hydrogen-bond acceptors (Lipinski definition) is 5. The molecule has 4 rings (SSSR count). The Hall–Kier alpha value is -3.40. The van der Waals surface area contributed by atoms with Crippen molar-refractivity contribution < 1.29 is 22.8 Å². The second kappa shape index (κ2) is 10.3. The van der Waals surface area contributed by atoms with Crippen LogP contribution in [0.1, 0.15) is 20.8 Å². The summed E-state index contributed by atoms with van der Waals surface area (Å²) in [6.07, 6.45) is -3.25. The van der Waals surface area contributed by atoms with Crippen LogP contribution in [0.3, 0.4) is 0 Å². The van der Waals surface area contributed by atoms with Gasteiger partial charge in [-0.25, -0.2) is 4.98 Å². The Kier molecular flexibility index (Phi) is 7.16. The third kappa shape index (κ3) is 5.74. The molecule has 34 heavy (non-hydrogen) atoms. The van der Waals surface area contributed by atoms with E-state index in [1.807, 2.05) is 35.2 Å². The van der Waals surface area contributed by atoms with E-state index in [4.69, 9.17) is 0 Å². The molecular weight excluding hydrogens is 465 g/mol. The highest BCUT2D eigenvalue weighted by Crippen LogP contribution is 2.29. The van der Waals surface area contributed by atoms with E-state index in [-0.39, 0.29) is 11.8 Å². The smallest absolute Gasteiger partial charge is 0.353 e. The molecule has 10 heteroatoms. The molecule has 2 amide bonds. The van der Waals surface area contributed by atoms with Crippen LogP contribution in [0.4, 0.5) is 19.0 Å². The summed E-state index contributed by atoms with van der Waals surface area (Å²) in [7, 11) is 0. The SMILES string of the molecule is O=C(NC(Cc1ccccc1)C(=O)N1CCN(c2ccc(C(F)(F)F)cn2)CC1)c1cccs1. The average Bonchev–Trinajstić information content (AvgIpc) is 3.39. The molecule has 1 N–H and O–H groups in total. The first-order valence-electron chi connectivity index (χ1n) is 10.8. The molecule has 1 saturated heterocycles. The number of nitrogens with one attached hydrogen (secondary N) is 1. The molecule has 1 atom stereocenters. The van der Waals surface area contributed by atoms with E-state index in [2.05, 4.69) is 10.3 Å². The standard InChI is InChI=1S/C24H23F3N4O2S/c25-24(26,27)18-8-9-21(28-16-18)30-10-12-31(13-11-30)23(33)19(15-17-5-2-1-3-6-17)29-22(32)20-7-4-14-34-20/h1-9,14,16,19H,10-13,15H2,(H,29,32). The first-order chi connectivity index (χ1) is 16.3. The van der Waals surface area contributed by atoms with Gasteiger partial charge in [-0.1, -0.05) is 36.4 Å². The van der Waals surface area contributed by atoms with E-state index in [0.29, 0.717) is 43.3 Å². The zero-order valence-corrected chi connectivity index (χ0v) is 19.0. The van der Waals surface area contributed by atoms with Gasteiger partial charge in [-0.15, -0.1) is 11.3 Å². The lowest BCUT2D eigenvalue weighted by atomic mass is 10.0. The number of alkyl halides is 3. The van der Waals surface area contributed by atoms with Gasteiger partial charge in [0.2, 0.25) is 5.91 Å². The van der Waals surface area contributed by atoms with Gasteiger partial charge in [-0.2, -0.15) is 13.2 Å². The Balaban J connectivity index is 1.42. The molecule has 3 heterocycles. The van der Waals surface area contributed by atoms with Crippen molar-refractivity contribution in [3.05, 3.63) is 82.2 Å². The van der Waals surface area contributed by atoms with E-state index < -0.39 is 17.8 Å². The van der Waals surface area contributed by atoms with Gasteiger partial charge in [0, 0.05) is 38.8 Å². The van der Waals surface area contributed by atoms with Crippen LogP contribution in [0.15, 0.2) is 66.2 Å². The molecule has 1 aliphatic rings. The zero-order chi connectivity index (χ0) is 24.1. The monoisotopic (exact) mass is 488 g/mol. The van der Waals surface area contributed by atoms with Crippen molar-refractivity contribution in [3.8, 4) is 0 Å². The number of carbonyl (C=O) groups is 2. The fraction of sp³-hybridized carbons (Fsp3) is 0.292. The molecule has 3 aromatic rings. The largest absolute Gasteiger partial charge is 0.417 e. The van der Waals surface area contributed by atoms with Crippen molar-refractivity contribution in [3.63, 3.8) is 0 Å². The maximum absolute atomic E-state index is 13.4. The minimum atomic E-state index is -4.43. The third-order valence-corrected chi connectivity index (χ3v) is 6.49. The summed E-state index contributed by atoms with van der Waals surface area (Å²) in [5.41, 5.74) is 0.134. The van der Waals surface area contributed by atoms with Crippen molar-refractivity contribution in [2.45, 2.75) is 18.6 Å². The van der Waals surface area contributed by atoms with Gasteiger partial charge in [-0.3, -0.25) is 9.59 Å². The van der Waals surface area contributed by atoms with Gasteiger partial charge in [0.15, 0.2) is 0 Å². The number of carbonyl (C=O) groups excluding carboxylic acids is 2. The Bertz CT molecular complexity index is 1100. The second-order valence-corrected chi connectivity index (χ2v) is 8.86. The highest BCUT2D eigenvalue weighted by Gasteiger charge is 2.32. The van der Waals surface area contributed by atoms with Crippen LogP contribution in [0.25, 0.3) is 0 Å². The normalized spacial score (nSPS) is 15.1. The number of benzene rings is 1. The maximum atomic E-state index is 13.4. The number of piperazine rings is 1. The molecule has 6 nitrogen and oxygen atoms in total. The molecule has 178 valence electrons. The van der Waals surface area contributed by atoms with Crippen LogP contribution < -0.4 is 10.2 Å². The molecule has 1 aromatic carbocycles. The number of anilines is 1. The summed E-state index contributed by atoms with van der Waals surface area (Å²) in [6.45, 7) is 1.62. The zero-order valence-electron chi connectivity index (χ0n) is 18.2. The molecule has 0 saturated carbocycles. The van der Waals surface area contributed by atoms with E-state index in [0.717, 1.165) is 17.8 Å². The first kappa shape index (κ1) is 23.7. The van der Waals surface area contributed by atoms with E-state index in [1.54, 1.807) is 22.4 Å². The van der Waals surface area contributed by atoms with Crippen LogP contribution in [0, 0.1) is 0 Å². The number of hydrogen-bond donors (Lipinski definition) is 1. The molecule has 1 aliphatic heterocycles. The quantitative estimate of drug-likeness (QED) is 0.573. The van der Waals surface area contributed by atoms with Crippen LogP contribution in [-0.4, -0.2) is 53.9 Å². The van der Waals surface area contributed by atoms with Crippen LogP contribution in [-0.2, 0) is 17.4 Å². The van der Waals surface area contributed by atoms with Crippen molar-refractivity contribution in [2.24, 2.45) is 0 Å². The molecule has 0 bridgehead atoms. The topological polar surface area (TPSA) is 65.5 Å². The fourth-order valence-electron chi connectivity index (χ4n) is 3.80. The molecule has 1 unspecified atom stereocenters. The van der Waals surface area contributed by atoms with Gasteiger partial charge < -0.3 is 15.1 Å². The number of aromatic nitrogens is 1. The molecule has 0 radical (unpaired) electrons. The summed E-state index contributed by atoms with van der Waals surface area (Å²) in [5.74, 6) is -0.0439. The molecule has 0 aliphatic carbocycles. The fourth-order valence-corrected chi connectivity index (χ4v) is 4.43. The Morgan fingerprint density at radius 3 is 2.32 bits per heavy atom. The summed E-state index contributed by atoms with van der Waals surface area (Å²) in [4.78, 5) is 34.0. The number of amides is 2. The lowest BCUT2D eigenvalue weighted by molar-refractivity contribution is -0.138. The maximum Gasteiger partial charge on any atom is 0.417 e. The van der Waals surface area contributed by atoms with Crippen molar-refractivity contribution in [1.29, 1.82) is 0 Å². The molecular formula is C24H23F3N4O2S. The van der Waals surface area contributed by atoms with Crippen LogP contribution in [0.5, 0.6) is 0 Å². The first-order valence-corrected chi connectivity index (χ1v) is 11.6.